The molecule has 4 rings (SSSR count). The first-order chi connectivity index (χ1) is 16.7. The van der Waals surface area contributed by atoms with Gasteiger partial charge in [-0.25, -0.2) is 4.98 Å². The lowest BCUT2D eigenvalue weighted by atomic mass is 10.1. The summed E-state index contributed by atoms with van der Waals surface area (Å²) < 4.78 is 4.96. The highest BCUT2D eigenvalue weighted by Gasteiger charge is 2.35. The number of pyridine rings is 1. The average molecular weight is 483 g/mol. The summed E-state index contributed by atoms with van der Waals surface area (Å²) in [6.07, 6.45) is 0.760. The second-order valence-corrected chi connectivity index (χ2v) is 9.23. The van der Waals surface area contributed by atoms with Crippen molar-refractivity contribution < 1.29 is 19.4 Å². The van der Waals surface area contributed by atoms with Gasteiger partial charge in [0.1, 0.15) is 11.9 Å². The van der Waals surface area contributed by atoms with E-state index in [9.17, 15) is 14.7 Å². The molecule has 2 aliphatic rings. The van der Waals surface area contributed by atoms with Crippen LogP contribution in [0.5, 0.6) is 0 Å². The Morgan fingerprint density at radius 3 is 2.54 bits per heavy atom. The second kappa shape index (κ2) is 10.2. The van der Waals surface area contributed by atoms with E-state index >= 15 is 0 Å². The number of nitrogens with zero attached hydrogens (tertiary/aromatic N) is 5. The Kier molecular flexibility index (Phi) is 7.25. The van der Waals surface area contributed by atoms with Gasteiger partial charge in [-0.3, -0.25) is 14.5 Å². The first kappa shape index (κ1) is 24.9. The fraction of sp³-hybridized carbons (Fsp3) is 0.480. The van der Waals surface area contributed by atoms with Crippen LogP contribution in [0.2, 0.25) is 0 Å². The highest BCUT2D eigenvalue weighted by molar-refractivity contribution is 6.05. The molecule has 2 unspecified atom stereocenters. The third-order valence-electron chi connectivity index (χ3n) is 6.67. The number of benzene rings is 1. The van der Waals surface area contributed by atoms with Gasteiger partial charge in [0.05, 0.1) is 17.6 Å². The maximum Gasteiger partial charge on any atom is 0.254 e. The molecule has 35 heavy (non-hydrogen) atoms. The molecule has 2 aliphatic heterocycles. The number of amides is 2. The Labute approximate surface area is 206 Å². The highest BCUT2D eigenvalue weighted by atomic mass is 16.6. The smallest absolute Gasteiger partial charge is 0.254 e. The number of methoxy groups -OCH3 is 1. The Morgan fingerprint density at radius 2 is 1.89 bits per heavy atom. The van der Waals surface area contributed by atoms with Crippen molar-refractivity contribution in [3.05, 3.63) is 42.1 Å². The van der Waals surface area contributed by atoms with Crippen LogP contribution in [0.25, 0.3) is 0 Å². The predicted molar refractivity (Wildman–Crippen MR) is 135 cm³/mol. The van der Waals surface area contributed by atoms with Crippen LogP contribution in [0.4, 0.5) is 22.9 Å². The number of aromatic nitrogens is 1. The standard InChI is InChI=1S/C25H34N6O4/c1-16(2)31-17(3)23(32)28(4)21-15-26-22(14-20(21)31)27-19-8-6-7-18(13-19)24(33)29-9-11-30(12-10-29)25(34)35-5/h6-8,13-17,25,34H,9-12H2,1-5H3,(H,26,27). The van der Waals surface area contributed by atoms with Crippen molar-refractivity contribution in [2.45, 2.75) is 39.3 Å². The third-order valence-corrected chi connectivity index (χ3v) is 6.67. The van der Waals surface area contributed by atoms with E-state index in [0.29, 0.717) is 37.6 Å². The maximum absolute atomic E-state index is 13.1. The zero-order valence-corrected chi connectivity index (χ0v) is 20.9. The molecule has 3 heterocycles. The minimum Gasteiger partial charge on any atom is -0.356 e. The van der Waals surface area contributed by atoms with E-state index in [1.165, 1.54) is 7.11 Å². The zero-order valence-electron chi connectivity index (χ0n) is 20.9. The van der Waals surface area contributed by atoms with E-state index in [1.54, 1.807) is 34.0 Å². The van der Waals surface area contributed by atoms with Crippen molar-refractivity contribution in [3.63, 3.8) is 0 Å². The van der Waals surface area contributed by atoms with Gasteiger partial charge in [-0.2, -0.15) is 0 Å². The molecule has 1 aromatic carbocycles. The summed E-state index contributed by atoms with van der Waals surface area (Å²) >= 11 is 0. The Hall–Kier alpha value is -3.21. The number of carbonyl (C=O) groups is 2. The van der Waals surface area contributed by atoms with Crippen LogP contribution < -0.4 is 15.1 Å². The van der Waals surface area contributed by atoms with E-state index in [1.807, 2.05) is 31.2 Å². The van der Waals surface area contributed by atoms with Crippen LogP contribution in [0.1, 0.15) is 31.1 Å². The number of fused-ring (bicyclic) bond motifs is 1. The van der Waals surface area contributed by atoms with Crippen LogP contribution >= 0.6 is 0 Å². The number of hydrogen-bond donors (Lipinski definition) is 2. The first-order valence-electron chi connectivity index (χ1n) is 11.9. The summed E-state index contributed by atoms with van der Waals surface area (Å²) in [7, 11) is 3.23. The van der Waals surface area contributed by atoms with Crippen molar-refractivity contribution in [2.24, 2.45) is 0 Å². The first-order valence-corrected chi connectivity index (χ1v) is 11.9. The van der Waals surface area contributed by atoms with Crippen LogP contribution in [0.3, 0.4) is 0 Å². The average Bonchev–Trinajstić information content (AvgIpc) is 2.86. The molecule has 10 heteroatoms. The Bertz CT molecular complexity index is 1090. The van der Waals surface area contributed by atoms with Crippen molar-refractivity contribution in [1.82, 2.24) is 14.8 Å². The van der Waals surface area contributed by atoms with Gasteiger partial charge in [0, 0.05) is 63.7 Å². The van der Waals surface area contributed by atoms with Gasteiger partial charge < -0.3 is 29.9 Å². The number of aliphatic hydroxyl groups is 1. The van der Waals surface area contributed by atoms with E-state index in [4.69, 9.17) is 4.74 Å². The van der Waals surface area contributed by atoms with Crippen LogP contribution in [-0.2, 0) is 9.53 Å². The van der Waals surface area contributed by atoms with Crippen LogP contribution in [0, 0.1) is 0 Å². The molecule has 0 spiro atoms. The zero-order chi connectivity index (χ0) is 25.3. The fourth-order valence-electron chi connectivity index (χ4n) is 4.78. The van der Waals surface area contributed by atoms with Gasteiger partial charge in [-0.15, -0.1) is 0 Å². The molecule has 2 N–H and O–H groups in total. The second-order valence-electron chi connectivity index (χ2n) is 9.23. The lowest BCUT2D eigenvalue weighted by Gasteiger charge is -2.42. The summed E-state index contributed by atoms with van der Waals surface area (Å²) in [5.41, 5.74) is 3.04. The summed E-state index contributed by atoms with van der Waals surface area (Å²) in [5, 5.41) is 13.1. The fourth-order valence-corrected chi connectivity index (χ4v) is 4.78. The number of nitrogens with one attached hydrogen (secondary N) is 1. The van der Waals surface area contributed by atoms with Gasteiger partial charge in [0.2, 0.25) is 12.3 Å². The lowest BCUT2D eigenvalue weighted by Crippen LogP contribution is -2.53. The third kappa shape index (κ3) is 4.95. The molecule has 1 fully saturated rings. The minimum atomic E-state index is -0.948. The van der Waals surface area contributed by atoms with Gasteiger partial charge >= 0.3 is 0 Å². The topological polar surface area (TPSA) is 101 Å². The van der Waals surface area contributed by atoms with Crippen LogP contribution in [0.15, 0.2) is 36.5 Å². The molecular weight excluding hydrogens is 448 g/mol. The molecule has 2 atom stereocenters. The van der Waals surface area contributed by atoms with Gasteiger partial charge in [-0.1, -0.05) is 6.07 Å². The predicted octanol–water partition coefficient (Wildman–Crippen LogP) is 2.08. The molecule has 1 aromatic heterocycles. The van der Waals surface area contributed by atoms with E-state index < -0.39 is 6.41 Å². The number of rotatable bonds is 6. The number of anilines is 4. The molecule has 2 amide bonds. The lowest BCUT2D eigenvalue weighted by molar-refractivity contribution is -0.183. The van der Waals surface area contributed by atoms with Gasteiger partial charge in [0.25, 0.3) is 5.91 Å². The molecule has 2 aromatic rings. The van der Waals surface area contributed by atoms with Gasteiger partial charge in [-0.05, 0) is 39.0 Å². The molecular formula is C25H34N6O4. The largest absolute Gasteiger partial charge is 0.356 e. The van der Waals surface area contributed by atoms with Crippen molar-refractivity contribution >= 4 is 34.7 Å². The highest BCUT2D eigenvalue weighted by Crippen LogP contribution is 2.38. The number of ether oxygens (including phenoxy) is 1. The summed E-state index contributed by atoms with van der Waals surface area (Å²) in [6.45, 7) is 8.16. The van der Waals surface area contributed by atoms with Crippen LogP contribution in [-0.4, -0.2) is 90.5 Å². The SMILES string of the molecule is COC(O)N1CCN(C(=O)c2cccc(Nc3cc4c(cn3)N(C)C(=O)C(C)N4C(C)C)c2)CC1. The normalized spacial score (nSPS) is 19.7. The summed E-state index contributed by atoms with van der Waals surface area (Å²) in [4.78, 5) is 37.6. The number of carbonyl (C=O) groups excluding carboxylic acids is 2. The molecule has 0 bridgehead atoms. The monoisotopic (exact) mass is 482 g/mol. The molecule has 0 radical (unpaired) electrons. The molecule has 1 saturated heterocycles. The van der Waals surface area contributed by atoms with E-state index in [0.717, 1.165) is 17.1 Å². The quantitative estimate of drug-likeness (QED) is 0.604. The molecule has 0 aliphatic carbocycles. The molecule has 0 saturated carbocycles. The Morgan fingerprint density at radius 1 is 1.17 bits per heavy atom. The molecule has 10 nitrogen and oxygen atoms in total. The number of hydrogen-bond acceptors (Lipinski definition) is 8. The number of piperazine rings is 1. The van der Waals surface area contributed by atoms with E-state index in [-0.39, 0.29) is 23.9 Å². The number of likely N-dealkylation sites (N-methyl/N-ethyl adjacent to an activating group) is 1. The number of aliphatic hydroxyl groups excluding tert-OH is 1. The van der Waals surface area contributed by atoms with Crippen molar-refractivity contribution in [3.8, 4) is 0 Å². The van der Waals surface area contributed by atoms with Crippen molar-refractivity contribution in [2.75, 3.05) is 55.5 Å². The Balaban J connectivity index is 1.51. The molecule has 188 valence electrons. The van der Waals surface area contributed by atoms with Gasteiger partial charge in [0.15, 0.2) is 0 Å². The maximum atomic E-state index is 13.1. The summed E-state index contributed by atoms with van der Waals surface area (Å²) in [6, 6.07) is 9.17. The minimum absolute atomic E-state index is 0.0393. The van der Waals surface area contributed by atoms with E-state index in [2.05, 4.69) is 29.0 Å². The van der Waals surface area contributed by atoms with Crippen molar-refractivity contribution in [1.29, 1.82) is 0 Å². The summed E-state index contributed by atoms with van der Waals surface area (Å²) in [5.74, 6) is 0.618.